The molecule has 112 valence electrons. The van der Waals surface area contributed by atoms with Crippen LogP contribution in [0.15, 0.2) is 24.3 Å². The third-order valence-electron chi connectivity index (χ3n) is 3.05. The first-order chi connectivity index (χ1) is 9.40. The predicted molar refractivity (Wildman–Crippen MR) is 80.3 cm³/mol. The maximum absolute atomic E-state index is 11.1. The molecular weight excluding hydrogens is 254 g/mol. The van der Waals surface area contributed by atoms with E-state index < -0.39 is 12.0 Å². The van der Waals surface area contributed by atoms with Crippen molar-refractivity contribution in [1.29, 1.82) is 0 Å². The molecule has 0 amide bonds. The molecule has 4 heteroatoms. The summed E-state index contributed by atoms with van der Waals surface area (Å²) in [6.45, 7) is 8.54. The Kier molecular flexibility index (Phi) is 6.52. The molecule has 1 unspecified atom stereocenters. The van der Waals surface area contributed by atoms with Crippen molar-refractivity contribution in [2.24, 2.45) is 0 Å². The lowest BCUT2D eigenvalue weighted by atomic mass is 10.0. The van der Waals surface area contributed by atoms with Gasteiger partial charge in [-0.25, -0.2) is 0 Å². The molecule has 20 heavy (non-hydrogen) atoms. The van der Waals surface area contributed by atoms with Gasteiger partial charge in [0.1, 0.15) is 11.8 Å². The molecule has 0 bridgehead atoms. The van der Waals surface area contributed by atoms with Crippen LogP contribution >= 0.6 is 0 Å². The third kappa shape index (κ3) is 5.61. The standard InChI is InChI=1S/C16H25NO3/c1-11(2)13-5-7-14(8-6-13)20-10-9-15(16(18)19)17-12(3)4/h5-8,11-12,15,17H,9-10H2,1-4H3,(H,18,19). The lowest BCUT2D eigenvalue weighted by Crippen LogP contribution is -2.41. The SMILES string of the molecule is CC(C)NC(CCOc1ccc(C(C)C)cc1)C(=O)O. The van der Waals surface area contributed by atoms with Crippen LogP contribution in [0.3, 0.4) is 0 Å². The molecule has 4 nitrogen and oxygen atoms in total. The number of benzene rings is 1. The van der Waals surface area contributed by atoms with Crippen LogP contribution in [0.5, 0.6) is 5.75 Å². The Morgan fingerprint density at radius 1 is 1.20 bits per heavy atom. The predicted octanol–water partition coefficient (Wildman–Crippen LogP) is 3.03. The van der Waals surface area contributed by atoms with Gasteiger partial charge >= 0.3 is 5.97 Å². The number of hydrogen-bond acceptors (Lipinski definition) is 3. The molecule has 0 fully saturated rings. The molecule has 0 heterocycles. The summed E-state index contributed by atoms with van der Waals surface area (Å²) in [6.07, 6.45) is 0.444. The lowest BCUT2D eigenvalue weighted by molar-refractivity contribution is -0.140. The van der Waals surface area contributed by atoms with Crippen LogP contribution in [-0.4, -0.2) is 29.8 Å². The Bertz CT molecular complexity index is 412. The molecular formula is C16H25NO3. The van der Waals surface area contributed by atoms with Crippen LogP contribution in [0, 0.1) is 0 Å². The highest BCUT2D eigenvalue weighted by molar-refractivity contribution is 5.73. The van der Waals surface area contributed by atoms with E-state index in [9.17, 15) is 4.79 Å². The highest BCUT2D eigenvalue weighted by Crippen LogP contribution is 2.18. The van der Waals surface area contributed by atoms with E-state index in [-0.39, 0.29) is 6.04 Å². The molecule has 0 aliphatic heterocycles. The molecule has 1 rings (SSSR count). The van der Waals surface area contributed by atoms with E-state index in [0.717, 1.165) is 5.75 Å². The number of carbonyl (C=O) groups is 1. The second kappa shape index (κ2) is 7.90. The normalized spacial score (nSPS) is 12.7. The average Bonchev–Trinajstić information content (AvgIpc) is 2.37. The van der Waals surface area contributed by atoms with Gasteiger partial charge < -0.3 is 15.2 Å². The summed E-state index contributed by atoms with van der Waals surface area (Å²) in [5, 5.41) is 12.1. The fourth-order valence-electron chi connectivity index (χ4n) is 1.92. The molecule has 0 radical (unpaired) electrons. The largest absolute Gasteiger partial charge is 0.494 e. The number of carboxylic acids is 1. The fraction of sp³-hybridized carbons (Fsp3) is 0.562. The number of nitrogens with one attached hydrogen (secondary N) is 1. The van der Waals surface area contributed by atoms with Crippen LogP contribution in [0.25, 0.3) is 0 Å². The van der Waals surface area contributed by atoms with Crippen molar-refractivity contribution in [3.63, 3.8) is 0 Å². The van der Waals surface area contributed by atoms with Crippen molar-refractivity contribution in [1.82, 2.24) is 5.32 Å². The zero-order chi connectivity index (χ0) is 15.1. The smallest absolute Gasteiger partial charge is 0.320 e. The Hall–Kier alpha value is -1.55. The summed E-state index contributed by atoms with van der Waals surface area (Å²) >= 11 is 0. The molecule has 1 aromatic carbocycles. The maximum Gasteiger partial charge on any atom is 0.320 e. The molecule has 2 N–H and O–H groups in total. The van der Waals surface area contributed by atoms with E-state index in [1.807, 2.05) is 38.1 Å². The third-order valence-corrected chi connectivity index (χ3v) is 3.05. The average molecular weight is 279 g/mol. The van der Waals surface area contributed by atoms with E-state index in [1.165, 1.54) is 5.56 Å². The van der Waals surface area contributed by atoms with Gasteiger partial charge in [0.05, 0.1) is 6.61 Å². The number of hydrogen-bond donors (Lipinski definition) is 2. The van der Waals surface area contributed by atoms with E-state index in [0.29, 0.717) is 18.9 Å². The van der Waals surface area contributed by atoms with Gasteiger partial charge in [-0.2, -0.15) is 0 Å². The first-order valence-electron chi connectivity index (χ1n) is 7.11. The zero-order valence-corrected chi connectivity index (χ0v) is 12.7. The summed E-state index contributed by atoms with van der Waals surface area (Å²) in [5.41, 5.74) is 1.27. The van der Waals surface area contributed by atoms with Crippen LogP contribution in [0.1, 0.15) is 45.6 Å². The minimum atomic E-state index is -0.836. The number of rotatable bonds is 8. The van der Waals surface area contributed by atoms with Gasteiger partial charge in [-0.05, 0) is 23.6 Å². The summed E-state index contributed by atoms with van der Waals surface area (Å²) in [5.74, 6) is 0.441. The quantitative estimate of drug-likeness (QED) is 0.768. The van der Waals surface area contributed by atoms with E-state index in [4.69, 9.17) is 9.84 Å². The minimum absolute atomic E-state index is 0.140. The Morgan fingerprint density at radius 2 is 1.80 bits per heavy atom. The van der Waals surface area contributed by atoms with Crippen molar-refractivity contribution >= 4 is 5.97 Å². The Labute approximate surface area is 121 Å². The molecule has 1 aromatic rings. The fourth-order valence-corrected chi connectivity index (χ4v) is 1.92. The van der Waals surface area contributed by atoms with Gasteiger partial charge in [0.15, 0.2) is 0 Å². The van der Waals surface area contributed by atoms with Crippen LogP contribution in [0.2, 0.25) is 0 Å². The Balaban J connectivity index is 2.44. The lowest BCUT2D eigenvalue weighted by Gasteiger charge is -2.17. The van der Waals surface area contributed by atoms with Crippen molar-refractivity contribution in [2.75, 3.05) is 6.61 Å². The van der Waals surface area contributed by atoms with Gasteiger partial charge in [0.25, 0.3) is 0 Å². The first kappa shape index (κ1) is 16.5. The second-order valence-electron chi connectivity index (χ2n) is 5.57. The van der Waals surface area contributed by atoms with Gasteiger partial charge in [-0.3, -0.25) is 4.79 Å². The van der Waals surface area contributed by atoms with Gasteiger partial charge in [-0.1, -0.05) is 39.8 Å². The van der Waals surface area contributed by atoms with Crippen LogP contribution in [-0.2, 0) is 4.79 Å². The monoisotopic (exact) mass is 279 g/mol. The number of aliphatic carboxylic acids is 1. The van der Waals surface area contributed by atoms with Crippen molar-refractivity contribution < 1.29 is 14.6 Å². The summed E-state index contributed by atoms with van der Waals surface area (Å²) in [6, 6.07) is 7.52. The highest BCUT2D eigenvalue weighted by Gasteiger charge is 2.17. The van der Waals surface area contributed by atoms with Gasteiger partial charge in [0.2, 0.25) is 0 Å². The van der Waals surface area contributed by atoms with Crippen molar-refractivity contribution in [3.05, 3.63) is 29.8 Å². The van der Waals surface area contributed by atoms with Crippen LogP contribution < -0.4 is 10.1 Å². The topological polar surface area (TPSA) is 58.6 Å². The minimum Gasteiger partial charge on any atom is -0.494 e. The van der Waals surface area contributed by atoms with Crippen LogP contribution in [0.4, 0.5) is 0 Å². The summed E-state index contributed by atoms with van der Waals surface area (Å²) < 4.78 is 5.60. The molecule has 0 spiro atoms. The number of carboxylic acid groups (broad SMARTS) is 1. The van der Waals surface area contributed by atoms with Crippen molar-refractivity contribution in [3.8, 4) is 5.75 Å². The molecule has 0 aliphatic carbocycles. The van der Waals surface area contributed by atoms with Gasteiger partial charge in [0, 0.05) is 12.5 Å². The second-order valence-corrected chi connectivity index (χ2v) is 5.57. The molecule has 0 saturated heterocycles. The molecule has 0 aromatic heterocycles. The summed E-state index contributed by atoms with van der Waals surface area (Å²) in [4.78, 5) is 11.1. The van der Waals surface area contributed by atoms with E-state index in [1.54, 1.807) is 0 Å². The first-order valence-corrected chi connectivity index (χ1v) is 7.11. The molecule has 1 atom stereocenters. The zero-order valence-electron chi connectivity index (χ0n) is 12.7. The van der Waals surface area contributed by atoms with Gasteiger partial charge in [-0.15, -0.1) is 0 Å². The highest BCUT2D eigenvalue weighted by atomic mass is 16.5. The van der Waals surface area contributed by atoms with E-state index >= 15 is 0 Å². The molecule has 0 saturated carbocycles. The molecule has 0 aliphatic rings. The van der Waals surface area contributed by atoms with E-state index in [2.05, 4.69) is 19.2 Å². The summed E-state index contributed by atoms with van der Waals surface area (Å²) in [7, 11) is 0. The Morgan fingerprint density at radius 3 is 2.25 bits per heavy atom. The number of ether oxygens (including phenoxy) is 1. The van der Waals surface area contributed by atoms with Crippen molar-refractivity contribution in [2.45, 2.75) is 52.1 Å². The maximum atomic E-state index is 11.1.